The quantitative estimate of drug-likeness (QED) is 0.651. The first-order valence-corrected chi connectivity index (χ1v) is 8.67. The van der Waals surface area contributed by atoms with Crippen LogP contribution in [0.2, 0.25) is 0 Å². The summed E-state index contributed by atoms with van der Waals surface area (Å²) >= 11 is 0. The van der Waals surface area contributed by atoms with Crippen LogP contribution in [0.15, 0.2) is 23.3 Å². The topological polar surface area (TPSA) is 69.6 Å². The number of hydrogen-bond acceptors (Lipinski definition) is 3. The van der Waals surface area contributed by atoms with Gasteiger partial charge in [-0.05, 0) is 31.4 Å². The van der Waals surface area contributed by atoms with Gasteiger partial charge in [0.1, 0.15) is 0 Å². The van der Waals surface area contributed by atoms with Crippen molar-refractivity contribution in [2.24, 2.45) is 10.9 Å². The first-order chi connectivity index (χ1) is 11.5. The maximum Gasteiger partial charge on any atom is 0.225 e. The highest BCUT2D eigenvalue weighted by atomic mass is 16.2. The Morgan fingerprint density at radius 2 is 2.12 bits per heavy atom. The lowest BCUT2D eigenvalue weighted by Crippen LogP contribution is -2.50. The number of carbonyl (C=O) groups excluding carboxylic acids is 1. The predicted octanol–water partition coefficient (Wildman–Crippen LogP) is 1.70. The third-order valence-corrected chi connectivity index (χ3v) is 4.41. The van der Waals surface area contributed by atoms with Crippen LogP contribution in [0.1, 0.15) is 37.9 Å². The largest absolute Gasteiger partial charge is 0.354 e. The van der Waals surface area contributed by atoms with Crippen LogP contribution in [-0.4, -0.2) is 47.9 Å². The number of nitrogens with zero attached hydrogens (tertiary/aromatic N) is 3. The van der Waals surface area contributed by atoms with Crippen molar-refractivity contribution in [2.75, 3.05) is 20.1 Å². The number of carbonyl (C=O) groups is 1. The first kappa shape index (κ1) is 18.2. The Morgan fingerprint density at radius 3 is 2.71 bits per heavy atom. The summed E-state index contributed by atoms with van der Waals surface area (Å²) in [6, 6.07) is 4.34. The molecule has 132 valence electrons. The third kappa shape index (κ3) is 4.94. The molecular formula is C18H29N5O. The molecule has 2 rings (SSSR count). The molecule has 0 aliphatic carbocycles. The fourth-order valence-electron chi connectivity index (χ4n) is 2.87. The fraction of sp³-hybridized carbons (Fsp3) is 0.611. The number of pyridine rings is 1. The molecule has 2 heterocycles. The van der Waals surface area contributed by atoms with Gasteiger partial charge in [-0.15, -0.1) is 0 Å². The number of amides is 1. The Hall–Kier alpha value is -2.11. The highest BCUT2D eigenvalue weighted by molar-refractivity contribution is 5.80. The maximum atomic E-state index is 12.0. The summed E-state index contributed by atoms with van der Waals surface area (Å²) in [5, 5.41) is 6.78. The number of hydrogen-bond donors (Lipinski definition) is 2. The highest BCUT2D eigenvalue weighted by Gasteiger charge is 2.24. The maximum absolute atomic E-state index is 12.0. The molecule has 1 saturated heterocycles. The van der Waals surface area contributed by atoms with E-state index in [9.17, 15) is 4.79 Å². The molecule has 6 nitrogen and oxygen atoms in total. The van der Waals surface area contributed by atoms with Crippen molar-refractivity contribution in [2.45, 2.75) is 46.2 Å². The summed E-state index contributed by atoms with van der Waals surface area (Å²) in [5.41, 5.74) is 2.19. The van der Waals surface area contributed by atoms with E-state index in [0.29, 0.717) is 12.6 Å². The van der Waals surface area contributed by atoms with Gasteiger partial charge in [-0.2, -0.15) is 0 Å². The Morgan fingerprint density at radius 1 is 1.42 bits per heavy atom. The molecule has 1 aromatic rings. The fourth-order valence-corrected chi connectivity index (χ4v) is 2.87. The van der Waals surface area contributed by atoms with Gasteiger partial charge in [0.25, 0.3) is 0 Å². The Bertz CT molecular complexity index is 577. The summed E-state index contributed by atoms with van der Waals surface area (Å²) in [5.74, 6) is 1.11. The Kier molecular flexibility index (Phi) is 6.58. The minimum atomic E-state index is 0.0746. The van der Waals surface area contributed by atoms with Gasteiger partial charge in [0.2, 0.25) is 5.91 Å². The molecule has 1 amide bonds. The van der Waals surface area contributed by atoms with Gasteiger partial charge in [-0.3, -0.25) is 14.8 Å². The van der Waals surface area contributed by atoms with E-state index in [1.807, 2.05) is 31.0 Å². The predicted molar refractivity (Wildman–Crippen MR) is 96.7 cm³/mol. The van der Waals surface area contributed by atoms with Crippen molar-refractivity contribution in [1.29, 1.82) is 0 Å². The molecule has 0 bridgehead atoms. The lowest BCUT2D eigenvalue weighted by molar-refractivity contribution is -0.135. The molecule has 1 fully saturated rings. The standard InChI is InChI=1S/C18H29N5O/c1-13(2)17(24)23-10-7-15(8-11-23)22-18(19-4)21-12-16-14(3)6-5-9-20-16/h5-6,9,13,15H,7-8,10-12H2,1-4H3,(H2,19,21,22). The van der Waals surface area contributed by atoms with Crippen molar-refractivity contribution in [1.82, 2.24) is 20.5 Å². The lowest BCUT2D eigenvalue weighted by Gasteiger charge is -2.34. The third-order valence-electron chi connectivity index (χ3n) is 4.41. The van der Waals surface area contributed by atoms with Gasteiger partial charge >= 0.3 is 0 Å². The zero-order chi connectivity index (χ0) is 17.5. The Labute approximate surface area is 144 Å². The number of nitrogens with one attached hydrogen (secondary N) is 2. The monoisotopic (exact) mass is 331 g/mol. The van der Waals surface area contributed by atoms with Crippen molar-refractivity contribution in [3.8, 4) is 0 Å². The molecule has 0 radical (unpaired) electrons. The Balaban J connectivity index is 1.80. The zero-order valence-electron chi connectivity index (χ0n) is 15.2. The zero-order valence-corrected chi connectivity index (χ0v) is 15.2. The second-order valence-corrected chi connectivity index (χ2v) is 6.59. The normalized spacial score (nSPS) is 16.4. The second kappa shape index (κ2) is 8.66. The number of aryl methyl sites for hydroxylation is 1. The summed E-state index contributed by atoms with van der Waals surface area (Å²) in [7, 11) is 1.78. The van der Waals surface area contributed by atoms with Crippen LogP contribution >= 0.6 is 0 Å². The van der Waals surface area contributed by atoms with Gasteiger partial charge in [0.15, 0.2) is 5.96 Å². The summed E-state index contributed by atoms with van der Waals surface area (Å²) < 4.78 is 0. The first-order valence-electron chi connectivity index (χ1n) is 8.67. The number of piperidine rings is 1. The van der Waals surface area contributed by atoms with Crippen LogP contribution in [0.25, 0.3) is 0 Å². The molecular weight excluding hydrogens is 302 g/mol. The van der Waals surface area contributed by atoms with Crippen LogP contribution in [0.3, 0.4) is 0 Å². The van der Waals surface area contributed by atoms with Gasteiger partial charge in [-0.1, -0.05) is 19.9 Å². The summed E-state index contributed by atoms with van der Waals surface area (Å²) in [6.45, 7) is 8.24. The molecule has 1 aliphatic rings. The van der Waals surface area contributed by atoms with E-state index in [2.05, 4.69) is 33.6 Å². The van der Waals surface area contributed by atoms with Gasteiger partial charge < -0.3 is 15.5 Å². The highest BCUT2D eigenvalue weighted by Crippen LogP contribution is 2.13. The average molecular weight is 331 g/mol. The molecule has 2 N–H and O–H groups in total. The second-order valence-electron chi connectivity index (χ2n) is 6.59. The number of rotatable bonds is 4. The molecule has 1 aromatic heterocycles. The van der Waals surface area contributed by atoms with E-state index < -0.39 is 0 Å². The van der Waals surface area contributed by atoms with Gasteiger partial charge in [-0.25, -0.2) is 0 Å². The molecule has 0 saturated carbocycles. The molecule has 0 atom stereocenters. The van der Waals surface area contributed by atoms with Crippen LogP contribution < -0.4 is 10.6 Å². The van der Waals surface area contributed by atoms with E-state index in [1.54, 1.807) is 7.05 Å². The number of likely N-dealkylation sites (tertiary alicyclic amines) is 1. The van der Waals surface area contributed by atoms with Crippen molar-refractivity contribution < 1.29 is 4.79 Å². The molecule has 6 heteroatoms. The van der Waals surface area contributed by atoms with E-state index in [1.165, 1.54) is 5.56 Å². The minimum Gasteiger partial charge on any atom is -0.354 e. The smallest absolute Gasteiger partial charge is 0.225 e. The van der Waals surface area contributed by atoms with Crippen molar-refractivity contribution in [3.05, 3.63) is 29.6 Å². The van der Waals surface area contributed by atoms with Gasteiger partial charge in [0, 0.05) is 38.3 Å². The van der Waals surface area contributed by atoms with E-state index in [0.717, 1.165) is 37.6 Å². The number of guanidine groups is 1. The van der Waals surface area contributed by atoms with Crippen molar-refractivity contribution >= 4 is 11.9 Å². The van der Waals surface area contributed by atoms with Crippen LogP contribution in [0, 0.1) is 12.8 Å². The molecule has 0 spiro atoms. The summed E-state index contributed by atoms with van der Waals surface area (Å²) in [4.78, 5) is 22.7. The molecule has 24 heavy (non-hydrogen) atoms. The average Bonchev–Trinajstić information content (AvgIpc) is 2.59. The van der Waals surface area contributed by atoms with E-state index in [-0.39, 0.29) is 11.8 Å². The SMILES string of the molecule is CN=C(NCc1ncccc1C)NC1CCN(C(=O)C(C)C)CC1. The van der Waals surface area contributed by atoms with E-state index >= 15 is 0 Å². The number of aromatic nitrogens is 1. The van der Waals surface area contributed by atoms with Crippen LogP contribution in [0.5, 0.6) is 0 Å². The molecule has 1 aliphatic heterocycles. The minimum absolute atomic E-state index is 0.0746. The van der Waals surface area contributed by atoms with Crippen LogP contribution in [-0.2, 0) is 11.3 Å². The summed E-state index contributed by atoms with van der Waals surface area (Å²) in [6.07, 6.45) is 3.70. The lowest BCUT2D eigenvalue weighted by atomic mass is 10.0. The van der Waals surface area contributed by atoms with Gasteiger partial charge in [0.05, 0.1) is 12.2 Å². The molecule has 0 aromatic carbocycles. The van der Waals surface area contributed by atoms with Crippen LogP contribution in [0.4, 0.5) is 0 Å². The number of aliphatic imine (C=N–C) groups is 1. The van der Waals surface area contributed by atoms with E-state index in [4.69, 9.17) is 0 Å². The molecule has 0 unspecified atom stereocenters. The van der Waals surface area contributed by atoms with Crippen molar-refractivity contribution in [3.63, 3.8) is 0 Å².